The Morgan fingerprint density at radius 3 is 2.44 bits per heavy atom. The fraction of sp³-hybridized carbons (Fsp3) is 0.462. The van der Waals surface area contributed by atoms with Gasteiger partial charge in [-0.05, 0) is 32.0 Å². The first-order chi connectivity index (χ1) is 8.60. The van der Waals surface area contributed by atoms with E-state index in [2.05, 4.69) is 0 Å². The molecule has 1 amide bonds. The molecule has 1 rings (SSSR count). The molecule has 3 nitrogen and oxygen atoms in total. The van der Waals surface area contributed by atoms with E-state index in [1.54, 1.807) is 4.90 Å². The molecule has 5 heteroatoms. The summed E-state index contributed by atoms with van der Waals surface area (Å²) < 4.78 is 26.8. The third-order valence-electron chi connectivity index (χ3n) is 2.76. The van der Waals surface area contributed by atoms with Crippen molar-refractivity contribution in [3.8, 4) is 0 Å². The number of amides is 1. The minimum absolute atomic E-state index is 0.173. The van der Waals surface area contributed by atoms with Crippen LogP contribution in [0.4, 0.5) is 8.78 Å². The SMILES string of the molecule is CCN(CCCN)C(=O)Cc1c(F)cccc1F. The minimum Gasteiger partial charge on any atom is -0.343 e. The molecule has 0 radical (unpaired) electrons. The predicted octanol–water partition coefficient (Wildman–Crippen LogP) is 1.70. The number of hydrogen-bond acceptors (Lipinski definition) is 2. The van der Waals surface area contributed by atoms with E-state index in [1.807, 2.05) is 6.92 Å². The van der Waals surface area contributed by atoms with E-state index in [1.165, 1.54) is 6.07 Å². The smallest absolute Gasteiger partial charge is 0.227 e. The highest BCUT2D eigenvalue weighted by Gasteiger charge is 2.17. The Labute approximate surface area is 106 Å². The van der Waals surface area contributed by atoms with Crippen molar-refractivity contribution in [3.63, 3.8) is 0 Å². The summed E-state index contributed by atoms with van der Waals surface area (Å²) >= 11 is 0. The maximum atomic E-state index is 13.4. The van der Waals surface area contributed by atoms with Crippen LogP contribution < -0.4 is 5.73 Å². The first-order valence-electron chi connectivity index (χ1n) is 6.00. The van der Waals surface area contributed by atoms with E-state index in [0.717, 1.165) is 12.1 Å². The first kappa shape index (κ1) is 14.6. The highest BCUT2D eigenvalue weighted by atomic mass is 19.1. The number of nitrogens with two attached hydrogens (primary N) is 1. The van der Waals surface area contributed by atoms with Crippen LogP contribution in [0.2, 0.25) is 0 Å². The van der Waals surface area contributed by atoms with E-state index >= 15 is 0 Å². The molecule has 0 aliphatic rings. The molecule has 0 aliphatic heterocycles. The van der Waals surface area contributed by atoms with Crippen LogP contribution in [0.25, 0.3) is 0 Å². The summed E-state index contributed by atoms with van der Waals surface area (Å²) in [6, 6.07) is 3.59. The molecule has 18 heavy (non-hydrogen) atoms. The summed E-state index contributed by atoms with van der Waals surface area (Å²) in [5.41, 5.74) is 5.20. The van der Waals surface area contributed by atoms with E-state index in [-0.39, 0.29) is 17.9 Å². The van der Waals surface area contributed by atoms with Crippen molar-refractivity contribution in [2.45, 2.75) is 19.8 Å². The topological polar surface area (TPSA) is 46.3 Å². The lowest BCUT2D eigenvalue weighted by Crippen LogP contribution is -2.34. The van der Waals surface area contributed by atoms with Crippen LogP contribution in [0.3, 0.4) is 0 Å². The molecule has 0 saturated heterocycles. The standard InChI is InChI=1S/C13H18F2N2O/c1-2-17(8-4-7-16)13(18)9-10-11(14)5-3-6-12(10)15/h3,5-6H,2,4,7-9,16H2,1H3. The van der Waals surface area contributed by atoms with Gasteiger partial charge in [0.2, 0.25) is 5.91 Å². The van der Waals surface area contributed by atoms with E-state index in [4.69, 9.17) is 5.73 Å². The number of carbonyl (C=O) groups is 1. The zero-order valence-electron chi connectivity index (χ0n) is 10.5. The molecule has 0 atom stereocenters. The number of halogens is 2. The van der Waals surface area contributed by atoms with Crippen LogP contribution in [-0.4, -0.2) is 30.4 Å². The summed E-state index contributed by atoms with van der Waals surface area (Å²) in [4.78, 5) is 13.5. The van der Waals surface area contributed by atoms with Crippen LogP contribution in [0.5, 0.6) is 0 Å². The van der Waals surface area contributed by atoms with Crippen molar-refractivity contribution in [2.75, 3.05) is 19.6 Å². The molecule has 0 bridgehead atoms. The Morgan fingerprint density at radius 1 is 1.33 bits per heavy atom. The Hall–Kier alpha value is -1.49. The molecule has 0 fully saturated rings. The van der Waals surface area contributed by atoms with Gasteiger partial charge in [0.15, 0.2) is 0 Å². The molecule has 0 spiro atoms. The zero-order valence-corrected chi connectivity index (χ0v) is 10.5. The average Bonchev–Trinajstić information content (AvgIpc) is 2.35. The molecule has 1 aromatic rings. The van der Waals surface area contributed by atoms with Crippen molar-refractivity contribution >= 4 is 5.91 Å². The van der Waals surface area contributed by atoms with Gasteiger partial charge < -0.3 is 10.6 Å². The Morgan fingerprint density at radius 2 is 1.94 bits per heavy atom. The number of hydrogen-bond donors (Lipinski definition) is 1. The van der Waals surface area contributed by atoms with Crippen LogP contribution >= 0.6 is 0 Å². The molecule has 0 unspecified atom stereocenters. The second-order valence-corrected chi connectivity index (χ2v) is 3.99. The molecule has 0 aromatic heterocycles. The zero-order chi connectivity index (χ0) is 13.5. The predicted molar refractivity (Wildman–Crippen MR) is 66.0 cm³/mol. The normalized spacial score (nSPS) is 10.4. The van der Waals surface area contributed by atoms with Gasteiger partial charge in [0.05, 0.1) is 6.42 Å². The van der Waals surface area contributed by atoms with Crippen molar-refractivity contribution in [2.24, 2.45) is 5.73 Å². The lowest BCUT2D eigenvalue weighted by atomic mass is 10.1. The van der Waals surface area contributed by atoms with Gasteiger partial charge >= 0.3 is 0 Å². The van der Waals surface area contributed by atoms with Crippen molar-refractivity contribution in [3.05, 3.63) is 35.4 Å². The van der Waals surface area contributed by atoms with E-state index in [0.29, 0.717) is 26.1 Å². The highest BCUT2D eigenvalue weighted by Crippen LogP contribution is 2.13. The van der Waals surface area contributed by atoms with Gasteiger partial charge in [-0.25, -0.2) is 8.78 Å². The van der Waals surface area contributed by atoms with Crippen molar-refractivity contribution in [1.82, 2.24) is 4.90 Å². The van der Waals surface area contributed by atoms with Gasteiger partial charge in [-0.15, -0.1) is 0 Å². The van der Waals surface area contributed by atoms with Gasteiger partial charge in [-0.1, -0.05) is 6.07 Å². The largest absolute Gasteiger partial charge is 0.343 e. The van der Waals surface area contributed by atoms with Crippen LogP contribution in [0.1, 0.15) is 18.9 Å². The van der Waals surface area contributed by atoms with E-state index in [9.17, 15) is 13.6 Å². The van der Waals surface area contributed by atoms with Crippen molar-refractivity contribution < 1.29 is 13.6 Å². The number of carbonyl (C=O) groups excluding carboxylic acids is 1. The van der Waals surface area contributed by atoms with Gasteiger partial charge in [0, 0.05) is 18.7 Å². The number of rotatable bonds is 6. The molecule has 100 valence electrons. The Kier molecular flexibility index (Phi) is 5.71. The molecule has 1 aromatic carbocycles. The summed E-state index contributed by atoms with van der Waals surface area (Å²) in [7, 11) is 0. The fourth-order valence-electron chi connectivity index (χ4n) is 1.71. The van der Waals surface area contributed by atoms with Crippen molar-refractivity contribution in [1.29, 1.82) is 0 Å². The van der Waals surface area contributed by atoms with E-state index < -0.39 is 11.6 Å². The molecular formula is C13H18F2N2O. The Balaban J connectivity index is 2.73. The summed E-state index contributed by atoms with van der Waals surface area (Å²) in [6.45, 7) is 3.33. The maximum Gasteiger partial charge on any atom is 0.227 e. The molecule has 0 saturated carbocycles. The lowest BCUT2D eigenvalue weighted by molar-refractivity contribution is -0.130. The lowest BCUT2D eigenvalue weighted by Gasteiger charge is -2.20. The third-order valence-corrected chi connectivity index (χ3v) is 2.76. The highest BCUT2D eigenvalue weighted by molar-refractivity contribution is 5.78. The third kappa shape index (κ3) is 3.77. The summed E-state index contributed by atoms with van der Waals surface area (Å²) in [6.07, 6.45) is 0.427. The molecular weight excluding hydrogens is 238 g/mol. The van der Waals surface area contributed by atoms with Gasteiger partial charge in [-0.2, -0.15) is 0 Å². The second kappa shape index (κ2) is 7.06. The number of likely N-dealkylation sites (N-methyl/N-ethyl adjacent to an activating group) is 1. The monoisotopic (exact) mass is 256 g/mol. The second-order valence-electron chi connectivity index (χ2n) is 3.99. The fourth-order valence-corrected chi connectivity index (χ4v) is 1.71. The average molecular weight is 256 g/mol. The van der Waals surface area contributed by atoms with Gasteiger partial charge in [0.25, 0.3) is 0 Å². The molecule has 0 heterocycles. The summed E-state index contributed by atoms with van der Waals surface area (Å²) in [5.74, 6) is -1.65. The number of benzene rings is 1. The van der Waals surface area contributed by atoms with Gasteiger partial charge in [0.1, 0.15) is 11.6 Å². The quantitative estimate of drug-likeness (QED) is 0.842. The minimum atomic E-state index is -0.682. The van der Waals surface area contributed by atoms with Gasteiger partial charge in [-0.3, -0.25) is 4.79 Å². The number of nitrogens with zero attached hydrogens (tertiary/aromatic N) is 1. The van der Waals surface area contributed by atoms with Crippen LogP contribution in [0, 0.1) is 11.6 Å². The molecule has 2 N–H and O–H groups in total. The first-order valence-corrected chi connectivity index (χ1v) is 6.00. The summed E-state index contributed by atoms with van der Waals surface area (Å²) in [5, 5.41) is 0. The maximum absolute atomic E-state index is 13.4. The molecule has 0 aliphatic carbocycles. The van der Waals surface area contributed by atoms with Crippen LogP contribution in [-0.2, 0) is 11.2 Å². The van der Waals surface area contributed by atoms with Crippen LogP contribution in [0.15, 0.2) is 18.2 Å². The Bertz CT molecular complexity index is 390.